The molecule has 1 atom stereocenters. The summed E-state index contributed by atoms with van der Waals surface area (Å²) in [5, 5.41) is 5.23. The number of aromatic nitrogens is 2. The number of hydrogen-bond acceptors (Lipinski definition) is 4. The first-order valence-electron chi connectivity index (χ1n) is 9.81. The summed E-state index contributed by atoms with van der Waals surface area (Å²) < 4.78 is 20.7. The predicted octanol–water partition coefficient (Wildman–Crippen LogP) is 4.46. The predicted molar refractivity (Wildman–Crippen MR) is 114 cm³/mol. The molecule has 0 saturated carbocycles. The van der Waals surface area contributed by atoms with E-state index in [9.17, 15) is 0 Å². The zero-order chi connectivity index (χ0) is 20.9. The fraction of sp³-hybridized carbons (Fsp3) is 0.571. The number of nitrogens with zero attached hydrogens (tertiary/aromatic N) is 2. The smallest absolute Gasteiger partial charge is 0.494 e. The van der Waals surface area contributed by atoms with E-state index in [4.69, 9.17) is 25.6 Å². The van der Waals surface area contributed by atoms with Crippen LogP contribution in [-0.2, 0) is 9.31 Å². The van der Waals surface area contributed by atoms with Crippen molar-refractivity contribution in [2.45, 2.75) is 72.6 Å². The molecule has 3 rings (SSSR count). The van der Waals surface area contributed by atoms with Gasteiger partial charge in [-0.1, -0.05) is 11.6 Å². The van der Waals surface area contributed by atoms with Crippen LogP contribution in [0.1, 0.15) is 64.4 Å². The maximum absolute atomic E-state index is 6.65. The van der Waals surface area contributed by atoms with E-state index in [0.29, 0.717) is 11.6 Å². The van der Waals surface area contributed by atoms with E-state index in [2.05, 4.69) is 12.0 Å². The minimum absolute atomic E-state index is 0.0467. The molecule has 2 aromatic rings. The fourth-order valence-electron chi connectivity index (χ4n) is 3.42. The minimum Gasteiger partial charge on any atom is -0.494 e. The molecule has 1 fully saturated rings. The molecule has 152 valence electrons. The van der Waals surface area contributed by atoms with Crippen LogP contribution in [-0.4, -0.2) is 34.7 Å². The Morgan fingerprint density at radius 3 is 2.32 bits per heavy atom. The average Bonchev–Trinajstić information content (AvgIpc) is 3.11. The largest absolute Gasteiger partial charge is 0.499 e. The van der Waals surface area contributed by atoms with Crippen LogP contribution in [0.5, 0.6) is 5.75 Å². The third kappa shape index (κ3) is 3.58. The molecule has 1 unspecified atom stereocenters. The van der Waals surface area contributed by atoms with Gasteiger partial charge in [0.25, 0.3) is 0 Å². The highest BCUT2D eigenvalue weighted by Gasteiger charge is 2.53. The molecular weight excluding hydrogens is 375 g/mol. The van der Waals surface area contributed by atoms with E-state index < -0.39 is 18.3 Å². The first-order valence-corrected chi connectivity index (χ1v) is 10.2. The summed E-state index contributed by atoms with van der Waals surface area (Å²) >= 11 is 6.65. The van der Waals surface area contributed by atoms with Crippen LogP contribution < -0.4 is 10.2 Å². The molecule has 5 nitrogen and oxygen atoms in total. The highest BCUT2D eigenvalue weighted by atomic mass is 35.5. The Bertz CT molecular complexity index is 863. The Morgan fingerprint density at radius 2 is 1.82 bits per heavy atom. The lowest BCUT2D eigenvalue weighted by Gasteiger charge is -2.32. The number of aryl methyl sites for hydroxylation is 1. The van der Waals surface area contributed by atoms with Crippen LogP contribution in [0.2, 0.25) is 5.02 Å². The SMILES string of the molecule is CCOc1c(C(C)n2ccc(C)n2)cc(Cl)c(C)c1B1OC(C)(C)C(C)(C)O1. The van der Waals surface area contributed by atoms with Crippen LogP contribution in [0.4, 0.5) is 0 Å². The Morgan fingerprint density at radius 1 is 1.21 bits per heavy atom. The van der Waals surface area contributed by atoms with Crippen LogP contribution in [0.25, 0.3) is 0 Å². The van der Waals surface area contributed by atoms with Gasteiger partial charge in [0.1, 0.15) is 5.75 Å². The van der Waals surface area contributed by atoms with Gasteiger partial charge in [-0.25, -0.2) is 0 Å². The summed E-state index contributed by atoms with van der Waals surface area (Å²) in [4.78, 5) is 0. The summed E-state index contributed by atoms with van der Waals surface area (Å²) in [6.45, 7) is 16.7. The highest BCUT2D eigenvalue weighted by Crippen LogP contribution is 2.39. The third-order valence-corrected chi connectivity index (χ3v) is 6.31. The number of rotatable bonds is 5. The Balaban J connectivity index is 2.16. The number of hydrogen-bond donors (Lipinski definition) is 0. The van der Waals surface area contributed by atoms with Crippen molar-refractivity contribution in [2.75, 3.05) is 6.61 Å². The molecule has 0 amide bonds. The van der Waals surface area contributed by atoms with Gasteiger partial charge in [0.05, 0.1) is 29.5 Å². The van der Waals surface area contributed by atoms with Gasteiger partial charge in [0, 0.05) is 22.2 Å². The van der Waals surface area contributed by atoms with E-state index >= 15 is 0 Å². The number of benzene rings is 1. The van der Waals surface area contributed by atoms with Gasteiger partial charge in [0.15, 0.2) is 0 Å². The maximum Gasteiger partial charge on any atom is 0.499 e. The molecule has 1 aliphatic rings. The van der Waals surface area contributed by atoms with Crippen molar-refractivity contribution in [3.63, 3.8) is 0 Å². The summed E-state index contributed by atoms with van der Waals surface area (Å²) in [5.41, 5.74) is 2.82. The molecule has 28 heavy (non-hydrogen) atoms. The lowest BCUT2D eigenvalue weighted by molar-refractivity contribution is 0.00578. The van der Waals surface area contributed by atoms with Crippen molar-refractivity contribution >= 4 is 24.2 Å². The molecule has 1 aromatic heterocycles. The van der Waals surface area contributed by atoms with Crippen LogP contribution in [0.15, 0.2) is 18.3 Å². The first kappa shape index (κ1) is 21.2. The average molecular weight is 405 g/mol. The third-order valence-electron chi connectivity index (χ3n) is 5.92. The normalized spacial score (nSPS) is 19.1. The molecule has 0 radical (unpaired) electrons. The van der Waals surface area contributed by atoms with E-state index in [-0.39, 0.29) is 6.04 Å². The molecule has 1 saturated heterocycles. The van der Waals surface area contributed by atoms with Crippen molar-refractivity contribution in [1.82, 2.24) is 9.78 Å². The van der Waals surface area contributed by atoms with Gasteiger partial charge < -0.3 is 14.0 Å². The van der Waals surface area contributed by atoms with Crippen molar-refractivity contribution in [1.29, 1.82) is 0 Å². The van der Waals surface area contributed by atoms with Gasteiger partial charge >= 0.3 is 7.12 Å². The summed E-state index contributed by atoms with van der Waals surface area (Å²) in [5.74, 6) is 0.767. The maximum atomic E-state index is 6.65. The van der Waals surface area contributed by atoms with Gasteiger partial charge in [-0.05, 0) is 73.1 Å². The Labute approximate surface area is 173 Å². The van der Waals surface area contributed by atoms with Crippen molar-refractivity contribution < 1.29 is 14.0 Å². The van der Waals surface area contributed by atoms with Crippen LogP contribution in [0, 0.1) is 13.8 Å². The zero-order valence-electron chi connectivity index (χ0n) is 18.1. The van der Waals surface area contributed by atoms with E-state index in [0.717, 1.165) is 28.0 Å². The molecular formula is C21H30BClN2O3. The lowest BCUT2D eigenvalue weighted by Crippen LogP contribution is -2.41. The van der Waals surface area contributed by atoms with Gasteiger partial charge in [-0.3, -0.25) is 4.68 Å². The van der Waals surface area contributed by atoms with Crippen LogP contribution >= 0.6 is 11.6 Å². The topological polar surface area (TPSA) is 45.5 Å². The van der Waals surface area contributed by atoms with E-state index in [1.165, 1.54) is 0 Å². The molecule has 1 aromatic carbocycles. The zero-order valence-corrected chi connectivity index (χ0v) is 18.8. The standard InChI is InChI=1S/C21H30BClN2O3/c1-9-26-19-16(15(4)25-11-10-13(2)24-25)12-17(23)14(3)18(19)22-27-20(5,6)21(7,8)28-22/h10-12,15H,9H2,1-8H3. The first-order chi connectivity index (χ1) is 13.0. The molecule has 0 aliphatic carbocycles. The van der Waals surface area contributed by atoms with Gasteiger partial charge in [-0.15, -0.1) is 0 Å². The second-order valence-corrected chi connectivity index (χ2v) is 8.86. The quantitative estimate of drug-likeness (QED) is 0.690. The molecule has 1 aliphatic heterocycles. The second-order valence-electron chi connectivity index (χ2n) is 8.45. The monoisotopic (exact) mass is 404 g/mol. The molecule has 0 N–H and O–H groups in total. The molecule has 0 bridgehead atoms. The number of halogens is 1. The van der Waals surface area contributed by atoms with Crippen LogP contribution in [0.3, 0.4) is 0 Å². The lowest BCUT2D eigenvalue weighted by atomic mass is 9.74. The minimum atomic E-state index is -0.546. The summed E-state index contributed by atoms with van der Waals surface area (Å²) in [6.07, 6.45) is 1.97. The summed E-state index contributed by atoms with van der Waals surface area (Å²) in [6, 6.07) is 3.91. The second kappa shape index (κ2) is 7.40. The fourth-order valence-corrected chi connectivity index (χ4v) is 3.64. The van der Waals surface area contributed by atoms with E-state index in [1.54, 1.807) is 0 Å². The van der Waals surface area contributed by atoms with Gasteiger partial charge in [0.2, 0.25) is 0 Å². The summed E-state index contributed by atoms with van der Waals surface area (Å²) in [7, 11) is -0.546. The Hall–Kier alpha value is -1.50. The number of ether oxygens (including phenoxy) is 1. The van der Waals surface area contributed by atoms with Crippen molar-refractivity contribution in [3.8, 4) is 5.75 Å². The van der Waals surface area contributed by atoms with E-state index in [1.807, 2.05) is 71.5 Å². The molecule has 2 heterocycles. The van der Waals surface area contributed by atoms with Crippen molar-refractivity contribution in [2.24, 2.45) is 0 Å². The molecule has 0 spiro atoms. The highest BCUT2D eigenvalue weighted by molar-refractivity contribution is 6.64. The molecule has 7 heteroatoms. The van der Waals surface area contributed by atoms with Gasteiger partial charge in [-0.2, -0.15) is 5.10 Å². The Kier molecular flexibility index (Phi) is 5.61. The van der Waals surface area contributed by atoms with Crippen molar-refractivity contribution in [3.05, 3.63) is 40.2 Å².